The lowest BCUT2D eigenvalue weighted by Gasteiger charge is -2.38. The van der Waals surface area contributed by atoms with Crippen LogP contribution in [-0.2, 0) is 16.4 Å². The summed E-state index contributed by atoms with van der Waals surface area (Å²) in [4.78, 5) is 3.95. The van der Waals surface area contributed by atoms with Crippen molar-refractivity contribution in [3.8, 4) is 5.75 Å². The van der Waals surface area contributed by atoms with Crippen molar-refractivity contribution in [1.29, 1.82) is 0 Å². The molecule has 0 fully saturated rings. The van der Waals surface area contributed by atoms with Crippen molar-refractivity contribution in [3.05, 3.63) is 46.2 Å². The molecule has 1 aliphatic heterocycles. The highest BCUT2D eigenvalue weighted by Crippen LogP contribution is 2.36. The first kappa shape index (κ1) is 21.0. The fourth-order valence-electron chi connectivity index (χ4n) is 3.37. The number of hydrogen-bond acceptors (Lipinski definition) is 5. The molecule has 8 heteroatoms. The number of rotatable bonds is 6. The van der Waals surface area contributed by atoms with E-state index in [2.05, 4.69) is 34.9 Å². The number of thiophene rings is 1. The van der Waals surface area contributed by atoms with Crippen LogP contribution in [0, 0.1) is 0 Å². The lowest BCUT2D eigenvalue weighted by molar-refractivity contribution is 0.115. The second-order valence-electron chi connectivity index (χ2n) is 6.52. The van der Waals surface area contributed by atoms with Crippen LogP contribution in [-0.4, -0.2) is 38.8 Å². The SMILES string of the molecule is CC1Cc2ccsc2C(C)N1CCOc1ccc(NS(C)(=O)=O)cc1.Cl. The molecule has 2 aromatic rings. The molecule has 0 spiro atoms. The van der Waals surface area contributed by atoms with Crippen LogP contribution in [0.4, 0.5) is 5.69 Å². The van der Waals surface area contributed by atoms with Crippen molar-refractivity contribution in [2.75, 3.05) is 24.1 Å². The third kappa shape index (κ3) is 5.13. The number of nitrogens with zero attached hydrogens (tertiary/aromatic N) is 1. The number of hydrogen-bond donors (Lipinski definition) is 1. The zero-order chi connectivity index (χ0) is 18.0. The van der Waals surface area contributed by atoms with Crippen LogP contribution in [0.1, 0.15) is 30.3 Å². The number of halogens is 1. The summed E-state index contributed by atoms with van der Waals surface area (Å²) >= 11 is 1.84. The molecule has 1 aromatic carbocycles. The number of anilines is 1. The number of benzene rings is 1. The van der Waals surface area contributed by atoms with Gasteiger partial charge in [-0.15, -0.1) is 23.7 Å². The van der Waals surface area contributed by atoms with Gasteiger partial charge in [-0.3, -0.25) is 9.62 Å². The van der Waals surface area contributed by atoms with Gasteiger partial charge in [-0.25, -0.2) is 8.42 Å². The van der Waals surface area contributed by atoms with Gasteiger partial charge in [0, 0.05) is 29.2 Å². The number of ether oxygens (including phenoxy) is 1. The standard InChI is InChI=1S/C18H24N2O3S2.ClH/c1-13-12-15-8-11-24-18(15)14(2)20(13)9-10-23-17-6-4-16(5-7-17)19-25(3,21)22;/h4-8,11,13-14,19H,9-10,12H2,1-3H3;1H. The number of sulfonamides is 1. The Morgan fingerprint density at radius 1 is 1.23 bits per heavy atom. The Balaban J connectivity index is 0.00000243. The molecule has 0 radical (unpaired) electrons. The molecular formula is C18H25ClN2O3S2. The fourth-order valence-corrected chi connectivity index (χ4v) is 4.94. The van der Waals surface area contributed by atoms with E-state index in [9.17, 15) is 8.42 Å². The second-order valence-corrected chi connectivity index (χ2v) is 9.22. The predicted octanol–water partition coefficient (Wildman–Crippen LogP) is 3.93. The predicted molar refractivity (Wildman–Crippen MR) is 110 cm³/mol. The minimum atomic E-state index is -3.25. The molecule has 1 N–H and O–H groups in total. The van der Waals surface area contributed by atoms with Gasteiger partial charge < -0.3 is 4.74 Å². The monoisotopic (exact) mass is 416 g/mol. The average Bonchev–Trinajstić information content (AvgIpc) is 2.99. The number of nitrogens with one attached hydrogen (secondary N) is 1. The van der Waals surface area contributed by atoms with Gasteiger partial charge in [-0.05, 0) is 61.5 Å². The van der Waals surface area contributed by atoms with Gasteiger partial charge >= 0.3 is 0 Å². The van der Waals surface area contributed by atoms with E-state index in [4.69, 9.17) is 4.74 Å². The van der Waals surface area contributed by atoms with Crippen molar-refractivity contribution in [2.24, 2.45) is 0 Å². The van der Waals surface area contributed by atoms with Crippen LogP contribution in [0.3, 0.4) is 0 Å². The summed E-state index contributed by atoms with van der Waals surface area (Å²) in [5.41, 5.74) is 2.02. The van der Waals surface area contributed by atoms with Crippen molar-refractivity contribution in [2.45, 2.75) is 32.4 Å². The summed E-state index contributed by atoms with van der Waals surface area (Å²) in [6.07, 6.45) is 2.23. The van der Waals surface area contributed by atoms with Crippen LogP contribution < -0.4 is 9.46 Å². The van der Waals surface area contributed by atoms with Gasteiger partial charge in [0.1, 0.15) is 12.4 Å². The Hall–Kier alpha value is -1.28. The fraction of sp³-hybridized carbons (Fsp3) is 0.444. The van der Waals surface area contributed by atoms with E-state index < -0.39 is 10.0 Å². The van der Waals surface area contributed by atoms with Gasteiger partial charge in [0.25, 0.3) is 0 Å². The molecule has 5 nitrogen and oxygen atoms in total. The molecule has 0 bridgehead atoms. The summed E-state index contributed by atoms with van der Waals surface area (Å²) in [7, 11) is -3.25. The Morgan fingerprint density at radius 2 is 1.92 bits per heavy atom. The van der Waals surface area contributed by atoms with Crippen LogP contribution in [0.25, 0.3) is 0 Å². The zero-order valence-electron chi connectivity index (χ0n) is 15.1. The number of fused-ring (bicyclic) bond motifs is 1. The van der Waals surface area contributed by atoms with Gasteiger partial charge in [-0.1, -0.05) is 0 Å². The highest BCUT2D eigenvalue weighted by Gasteiger charge is 2.29. The Bertz CT molecular complexity index is 821. The van der Waals surface area contributed by atoms with Crippen molar-refractivity contribution in [1.82, 2.24) is 4.90 Å². The smallest absolute Gasteiger partial charge is 0.229 e. The van der Waals surface area contributed by atoms with Crippen molar-refractivity contribution in [3.63, 3.8) is 0 Å². The molecule has 0 saturated carbocycles. The van der Waals surface area contributed by atoms with Gasteiger partial charge in [0.15, 0.2) is 0 Å². The Kier molecular flexibility index (Phi) is 6.96. The van der Waals surface area contributed by atoms with Crippen LogP contribution in [0.5, 0.6) is 5.75 Å². The van der Waals surface area contributed by atoms with E-state index in [0.717, 1.165) is 25.0 Å². The first-order chi connectivity index (χ1) is 11.8. The summed E-state index contributed by atoms with van der Waals surface area (Å²) in [5, 5.41) is 2.18. The summed E-state index contributed by atoms with van der Waals surface area (Å²) < 4.78 is 30.7. The van der Waals surface area contributed by atoms with E-state index in [-0.39, 0.29) is 12.4 Å². The zero-order valence-corrected chi connectivity index (χ0v) is 17.6. The highest BCUT2D eigenvalue weighted by atomic mass is 35.5. The molecule has 1 aromatic heterocycles. The van der Waals surface area contributed by atoms with E-state index in [0.29, 0.717) is 24.4 Å². The Morgan fingerprint density at radius 3 is 2.58 bits per heavy atom. The second kappa shape index (κ2) is 8.61. The van der Waals surface area contributed by atoms with E-state index >= 15 is 0 Å². The summed E-state index contributed by atoms with van der Waals surface area (Å²) in [6.45, 7) is 6.00. The van der Waals surface area contributed by atoms with Crippen LogP contribution in [0.2, 0.25) is 0 Å². The minimum Gasteiger partial charge on any atom is -0.492 e. The molecule has 1 aliphatic rings. The molecule has 0 aliphatic carbocycles. The highest BCUT2D eigenvalue weighted by molar-refractivity contribution is 7.92. The van der Waals surface area contributed by atoms with Crippen LogP contribution >= 0.6 is 23.7 Å². The first-order valence-corrected chi connectivity index (χ1v) is 11.1. The third-order valence-electron chi connectivity index (χ3n) is 4.51. The lowest BCUT2D eigenvalue weighted by Crippen LogP contribution is -2.42. The molecule has 0 amide bonds. The summed E-state index contributed by atoms with van der Waals surface area (Å²) in [5.74, 6) is 0.744. The quantitative estimate of drug-likeness (QED) is 0.775. The van der Waals surface area contributed by atoms with Crippen molar-refractivity contribution >= 4 is 39.5 Å². The average molecular weight is 417 g/mol. The molecule has 0 saturated heterocycles. The first-order valence-electron chi connectivity index (χ1n) is 8.36. The molecule has 2 heterocycles. The molecule has 144 valence electrons. The maximum atomic E-state index is 11.2. The normalized spacial score (nSPS) is 20.1. The topological polar surface area (TPSA) is 58.6 Å². The lowest BCUT2D eigenvalue weighted by atomic mass is 9.97. The molecule has 3 rings (SSSR count). The van der Waals surface area contributed by atoms with Crippen LogP contribution in [0.15, 0.2) is 35.7 Å². The minimum absolute atomic E-state index is 0. The molecule has 26 heavy (non-hydrogen) atoms. The largest absolute Gasteiger partial charge is 0.492 e. The maximum absolute atomic E-state index is 11.2. The molecule has 2 atom stereocenters. The van der Waals surface area contributed by atoms with Gasteiger partial charge in [0.2, 0.25) is 10.0 Å². The maximum Gasteiger partial charge on any atom is 0.229 e. The van der Waals surface area contributed by atoms with Crippen molar-refractivity contribution < 1.29 is 13.2 Å². The van der Waals surface area contributed by atoms with E-state index in [1.807, 2.05) is 11.3 Å². The van der Waals surface area contributed by atoms with Gasteiger partial charge in [0.05, 0.1) is 6.26 Å². The van der Waals surface area contributed by atoms with E-state index in [1.54, 1.807) is 24.3 Å². The molecular weight excluding hydrogens is 392 g/mol. The summed E-state index contributed by atoms with van der Waals surface area (Å²) in [6, 6.07) is 10.2. The van der Waals surface area contributed by atoms with Gasteiger partial charge in [-0.2, -0.15) is 0 Å². The molecule has 2 unspecified atom stereocenters. The Labute approximate surface area is 165 Å². The van der Waals surface area contributed by atoms with E-state index in [1.165, 1.54) is 10.4 Å². The third-order valence-corrected chi connectivity index (χ3v) is 6.25.